The van der Waals surface area contributed by atoms with E-state index >= 15 is 0 Å². The maximum Gasteiger partial charge on any atom is 0.160 e. The molecule has 0 bridgehead atoms. The van der Waals surface area contributed by atoms with Gasteiger partial charge in [0.1, 0.15) is 10.4 Å². The molecule has 0 unspecified atom stereocenters. The minimum atomic E-state index is -0.773. The molecule has 54 valence electrons. The van der Waals surface area contributed by atoms with Gasteiger partial charge in [-0.3, -0.25) is 0 Å². The van der Waals surface area contributed by atoms with Gasteiger partial charge in [-0.15, -0.1) is 0 Å². The van der Waals surface area contributed by atoms with Crippen molar-refractivity contribution in [2.24, 2.45) is 0 Å². The first-order valence-electron chi connectivity index (χ1n) is 2.60. The number of halogens is 3. The zero-order valence-electron chi connectivity index (χ0n) is 4.94. The fourth-order valence-electron chi connectivity index (χ4n) is 0.558. The Morgan fingerprint density at radius 1 is 1.60 bits per heavy atom. The van der Waals surface area contributed by atoms with Crippen molar-refractivity contribution >= 4 is 22.6 Å². The van der Waals surface area contributed by atoms with Crippen LogP contribution in [0.5, 0.6) is 0 Å². The SMILES string of the molecule is FCc1ccnc(I)c1F. The van der Waals surface area contributed by atoms with Crippen molar-refractivity contribution in [2.45, 2.75) is 6.67 Å². The van der Waals surface area contributed by atoms with E-state index in [1.807, 2.05) is 0 Å². The average Bonchev–Trinajstić information content (AvgIpc) is 1.95. The molecule has 0 aromatic carbocycles. The molecule has 1 nitrogen and oxygen atoms in total. The van der Waals surface area contributed by atoms with Crippen molar-refractivity contribution in [1.82, 2.24) is 4.98 Å². The number of hydrogen-bond donors (Lipinski definition) is 0. The van der Waals surface area contributed by atoms with E-state index in [2.05, 4.69) is 4.98 Å². The van der Waals surface area contributed by atoms with E-state index in [9.17, 15) is 8.78 Å². The Morgan fingerprint density at radius 3 is 2.80 bits per heavy atom. The van der Waals surface area contributed by atoms with Crippen LogP contribution < -0.4 is 0 Å². The van der Waals surface area contributed by atoms with Gasteiger partial charge in [-0.2, -0.15) is 0 Å². The van der Waals surface area contributed by atoms with Crippen molar-refractivity contribution in [3.05, 3.63) is 27.3 Å². The highest BCUT2D eigenvalue weighted by Crippen LogP contribution is 2.12. The summed E-state index contributed by atoms with van der Waals surface area (Å²) in [7, 11) is 0. The molecule has 1 aromatic heterocycles. The van der Waals surface area contributed by atoms with Crippen LogP contribution in [0.3, 0.4) is 0 Å². The van der Waals surface area contributed by atoms with Crippen LogP contribution in [0.25, 0.3) is 0 Å². The summed E-state index contributed by atoms with van der Waals surface area (Å²) in [6.07, 6.45) is 1.39. The molecule has 0 aliphatic carbocycles. The normalized spacial score (nSPS) is 9.90. The monoisotopic (exact) mass is 255 g/mol. The largest absolute Gasteiger partial charge is 0.247 e. The Morgan fingerprint density at radius 2 is 2.30 bits per heavy atom. The number of nitrogens with zero attached hydrogens (tertiary/aromatic N) is 1. The van der Waals surface area contributed by atoms with Crippen LogP contribution in [0.15, 0.2) is 12.3 Å². The lowest BCUT2D eigenvalue weighted by atomic mass is 10.3. The van der Waals surface area contributed by atoms with E-state index in [4.69, 9.17) is 0 Å². The summed E-state index contributed by atoms with van der Waals surface area (Å²) in [5, 5.41) is 0. The Balaban J connectivity index is 3.14. The van der Waals surface area contributed by atoms with E-state index in [1.165, 1.54) is 12.3 Å². The zero-order valence-corrected chi connectivity index (χ0v) is 7.10. The Hall–Kier alpha value is -0.260. The third-order valence-electron chi connectivity index (χ3n) is 1.07. The van der Waals surface area contributed by atoms with Gasteiger partial charge in [0.05, 0.1) is 0 Å². The highest BCUT2D eigenvalue weighted by Gasteiger charge is 2.04. The van der Waals surface area contributed by atoms with Gasteiger partial charge in [-0.05, 0) is 28.7 Å². The molecule has 0 aliphatic rings. The quantitative estimate of drug-likeness (QED) is 0.554. The van der Waals surface area contributed by atoms with Gasteiger partial charge < -0.3 is 0 Å². The number of hydrogen-bond acceptors (Lipinski definition) is 1. The van der Waals surface area contributed by atoms with Crippen molar-refractivity contribution in [3.8, 4) is 0 Å². The molecule has 1 aromatic rings. The van der Waals surface area contributed by atoms with Gasteiger partial charge in [0.15, 0.2) is 5.82 Å². The third kappa shape index (κ3) is 1.42. The predicted molar refractivity (Wildman–Crippen MR) is 41.7 cm³/mol. The average molecular weight is 255 g/mol. The lowest BCUT2D eigenvalue weighted by molar-refractivity contribution is 0.460. The minimum Gasteiger partial charge on any atom is -0.247 e. The Kier molecular flexibility index (Phi) is 2.53. The molecule has 10 heavy (non-hydrogen) atoms. The smallest absolute Gasteiger partial charge is 0.160 e. The highest BCUT2D eigenvalue weighted by atomic mass is 127. The number of rotatable bonds is 1. The number of pyridine rings is 1. The van der Waals surface area contributed by atoms with Gasteiger partial charge in [0.25, 0.3) is 0 Å². The summed E-state index contributed by atoms with van der Waals surface area (Å²) in [5.41, 5.74) is 0.0689. The van der Waals surface area contributed by atoms with E-state index in [1.54, 1.807) is 22.6 Å². The van der Waals surface area contributed by atoms with Crippen molar-refractivity contribution in [2.75, 3.05) is 0 Å². The molecule has 0 saturated heterocycles. The highest BCUT2D eigenvalue weighted by molar-refractivity contribution is 14.1. The molecule has 1 rings (SSSR count). The number of aromatic nitrogens is 1. The fourth-order valence-corrected chi connectivity index (χ4v) is 1.07. The molecule has 1 heterocycles. The minimum absolute atomic E-state index is 0.0689. The second-order valence-corrected chi connectivity index (χ2v) is 2.73. The predicted octanol–water partition coefficient (Wildman–Crippen LogP) is 2.29. The van der Waals surface area contributed by atoms with Crippen LogP contribution >= 0.6 is 22.6 Å². The van der Waals surface area contributed by atoms with Crippen molar-refractivity contribution < 1.29 is 8.78 Å². The van der Waals surface area contributed by atoms with E-state index in [0.29, 0.717) is 0 Å². The molecule has 4 heteroatoms. The van der Waals surface area contributed by atoms with Gasteiger partial charge in [0.2, 0.25) is 0 Å². The second kappa shape index (κ2) is 3.23. The molecule has 0 radical (unpaired) electrons. The molecule has 0 amide bonds. The van der Waals surface area contributed by atoms with Crippen molar-refractivity contribution in [3.63, 3.8) is 0 Å². The first-order valence-corrected chi connectivity index (χ1v) is 3.68. The standard InChI is InChI=1S/C6H4F2IN/c7-3-4-1-2-10-6(9)5(4)8/h1-2H,3H2. The Labute approximate surface area is 70.6 Å². The van der Waals surface area contributed by atoms with Crippen LogP contribution in [-0.4, -0.2) is 4.98 Å². The van der Waals surface area contributed by atoms with Gasteiger partial charge in [0, 0.05) is 11.8 Å². The molecule has 0 fully saturated rings. The maximum atomic E-state index is 12.7. The first kappa shape index (κ1) is 7.84. The first-order chi connectivity index (χ1) is 4.75. The van der Waals surface area contributed by atoms with Crippen LogP contribution in [0, 0.1) is 9.52 Å². The van der Waals surface area contributed by atoms with Crippen LogP contribution in [0.2, 0.25) is 0 Å². The van der Waals surface area contributed by atoms with Gasteiger partial charge in [-0.1, -0.05) is 0 Å². The third-order valence-corrected chi connectivity index (χ3v) is 1.82. The van der Waals surface area contributed by atoms with Crippen LogP contribution in [0.4, 0.5) is 8.78 Å². The van der Waals surface area contributed by atoms with Gasteiger partial charge in [-0.25, -0.2) is 13.8 Å². The molecular formula is C6H4F2IN. The maximum absolute atomic E-state index is 12.7. The van der Waals surface area contributed by atoms with Crippen molar-refractivity contribution in [1.29, 1.82) is 0 Å². The lowest BCUT2D eigenvalue weighted by Gasteiger charge is -1.96. The van der Waals surface area contributed by atoms with E-state index in [-0.39, 0.29) is 9.26 Å². The zero-order chi connectivity index (χ0) is 7.56. The molecule has 0 saturated carbocycles. The fraction of sp³-hybridized carbons (Fsp3) is 0.167. The topological polar surface area (TPSA) is 12.9 Å². The molecule has 0 spiro atoms. The van der Waals surface area contributed by atoms with Crippen LogP contribution in [-0.2, 0) is 6.67 Å². The van der Waals surface area contributed by atoms with Gasteiger partial charge >= 0.3 is 0 Å². The molecular weight excluding hydrogens is 251 g/mol. The Bertz CT molecular complexity index is 239. The second-order valence-electron chi connectivity index (χ2n) is 1.71. The summed E-state index contributed by atoms with van der Waals surface area (Å²) < 4.78 is 24.8. The van der Waals surface area contributed by atoms with Crippen LogP contribution in [0.1, 0.15) is 5.56 Å². The number of alkyl halides is 1. The summed E-state index contributed by atoms with van der Waals surface area (Å²) in [6.45, 7) is -0.773. The molecule has 0 atom stereocenters. The summed E-state index contributed by atoms with van der Waals surface area (Å²) in [6, 6.07) is 1.33. The lowest BCUT2D eigenvalue weighted by Crippen LogP contribution is -1.92. The molecule has 0 N–H and O–H groups in total. The van der Waals surface area contributed by atoms with E-state index in [0.717, 1.165) is 0 Å². The molecule has 0 aliphatic heterocycles. The van der Waals surface area contributed by atoms with E-state index < -0.39 is 12.5 Å². The summed E-state index contributed by atoms with van der Waals surface area (Å²) >= 11 is 1.72. The summed E-state index contributed by atoms with van der Waals surface area (Å²) in [4.78, 5) is 3.63. The summed E-state index contributed by atoms with van der Waals surface area (Å²) in [5.74, 6) is -0.550.